The molecule has 1 aliphatic rings. The lowest BCUT2D eigenvalue weighted by molar-refractivity contribution is 0.0714. The molecule has 0 radical (unpaired) electrons. The highest BCUT2D eigenvalue weighted by Gasteiger charge is 2.24. The molecule has 1 aromatic heterocycles. The quantitative estimate of drug-likeness (QED) is 0.913. The van der Waals surface area contributed by atoms with Crippen LogP contribution in [0.1, 0.15) is 28.9 Å². The molecule has 5 nitrogen and oxygen atoms in total. The van der Waals surface area contributed by atoms with Crippen LogP contribution in [0.4, 0.5) is 0 Å². The fraction of sp³-hybridized carbons (Fsp3) is 0.375. The van der Waals surface area contributed by atoms with E-state index in [0.717, 1.165) is 37.3 Å². The molecular formula is C16H20N4O. The van der Waals surface area contributed by atoms with Crippen molar-refractivity contribution < 1.29 is 4.79 Å². The summed E-state index contributed by atoms with van der Waals surface area (Å²) in [5.74, 6) is 0.0570. The Balaban J connectivity index is 1.83. The van der Waals surface area contributed by atoms with Gasteiger partial charge in [0.25, 0.3) is 5.91 Å². The summed E-state index contributed by atoms with van der Waals surface area (Å²) >= 11 is 0. The van der Waals surface area contributed by atoms with E-state index < -0.39 is 0 Å². The van der Waals surface area contributed by atoms with Gasteiger partial charge in [0.15, 0.2) is 0 Å². The molecule has 0 unspecified atom stereocenters. The number of nitrogens with zero attached hydrogens (tertiary/aromatic N) is 3. The molecule has 21 heavy (non-hydrogen) atoms. The molecule has 2 heterocycles. The maximum Gasteiger partial charge on any atom is 0.257 e. The SMILES string of the molecule is Cc1nn(-c2ccccc2)cc1C(=O)N1CCC(N)CC1. The molecule has 0 spiro atoms. The minimum Gasteiger partial charge on any atom is -0.338 e. The summed E-state index contributed by atoms with van der Waals surface area (Å²) in [6, 6.07) is 10.0. The zero-order valence-corrected chi connectivity index (χ0v) is 12.2. The van der Waals surface area contributed by atoms with Gasteiger partial charge in [-0.3, -0.25) is 4.79 Å². The number of hydrogen-bond acceptors (Lipinski definition) is 3. The largest absolute Gasteiger partial charge is 0.338 e. The molecule has 1 amide bonds. The molecule has 3 rings (SSSR count). The highest BCUT2D eigenvalue weighted by Crippen LogP contribution is 2.17. The standard InChI is InChI=1S/C16H20N4O/c1-12-15(16(21)19-9-7-13(17)8-10-19)11-20(18-12)14-5-3-2-4-6-14/h2-6,11,13H,7-10,17H2,1H3. The normalized spacial score (nSPS) is 16.2. The molecular weight excluding hydrogens is 264 g/mol. The summed E-state index contributed by atoms with van der Waals surface area (Å²) in [5, 5.41) is 4.46. The minimum atomic E-state index is 0.0570. The number of hydrogen-bond donors (Lipinski definition) is 1. The molecule has 110 valence electrons. The Kier molecular flexibility index (Phi) is 3.75. The average Bonchev–Trinajstić information content (AvgIpc) is 2.90. The number of amides is 1. The van der Waals surface area contributed by atoms with Gasteiger partial charge in [-0.1, -0.05) is 18.2 Å². The van der Waals surface area contributed by atoms with Crippen LogP contribution in [0.3, 0.4) is 0 Å². The topological polar surface area (TPSA) is 64.2 Å². The predicted molar refractivity (Wildman–Crippen MR) is 81.4 cm³/mol. The summed E-state index contributed by atoms with van der Waals surface area (Å²) < 4.78 is 1.76. The third kappa shape index (κ3) is 2.83. The Labute approximate surface area is 124 Å². The highest BCUT2D eigenvalue weighted by molar-refractivity contribution is 5.95. The van der Waals surface area contributed by atoms with E-state index in [4.69, 9.17) is 5.73 Å². The van der Waals surface area contributed by atoms with E-state index in [1.807, 2.05) is 48.4 Å². The second-order valence-electron chi connectivity index (χ2n) is 5.54. The van der Waals surface area contributed by atoms with Crippen LogP contribution < -0.4 is 5.73 Å². The number of piperidine rings is 1. The smallest absolute Gasteiger partial charge is 0.257 e. The van der Waals surface area contributed by atoms with Crippen LogP contribution in [-0.2, 0) is 0 Å². The summed E-state index contributed by atoms with van der Waals surface area (Å²) in [6.45, 7) is 3.34. The molecule has 2 N–H and O–H groups in total. The summed E-state index contributed by atoms with van der Waals surface area (Å²) in [5.41, 5.74) is 8.29. The summed E-state index contributed by atoms with van der Waals surface area (Å²) in [7, 11) is 0. The first-order valence-electron chi connectivity index (χ1n) is 7.31. The maximum absolute atomic E-state index is 12.6. The van der Waals surface area contributed by atoms with Crippen molar-refractivity contribution >= 4 is 5.91 Å². The van der Waals surface area contributed by atoms with Crippen LogP contribution in [0.2, 0.25) is 0 Å². The van der Waals surface area contributed by atoms with Crippen molar-refractivity contribution in [2.45, 2.75) is 25.8 Å². The van der Waals surface area contributed by atoms with Crippen LogP contribution in [-0.4, -0.2) is 39.7 Å². The molecule has 0 bridgehead atoms. The Morgan fingerprint density at radius 1 is 1.24 bits per heavy atom. The third-order valence-electron chi connectivity index (χ3n) is 3.98. The fourth-order valence-corrected chi connectivity index (χ4v) is 2.66. The lowest BCUT2D eigenvalue weighted by Gasteiger charge is -2.30. The number of para-hydroxylation sites is 1. The van der Waals surface area contributed by atoms with Gasteiger partial charge in [0.2, 0.25) is 0 Å². The second-order valence-corrected chi connectivity index (χ2v) is 5.54. The van der Waals surface area contributed by atoms with E-state index >= 15 is 0 Å². The summed E-state index contributed by atoms with van der Waals surface area (Å²) in [6.07, 6.45) is 3.57. The Hall–Kier alpha value is -2.14. The molecule has 1 aliphatic heterocycles. The van der Waals surface area contributed by atoms with Gasteiger partial charge in [-0.2, -0.15) is 5.10 Å². The first kappa shape index (κ1) is 13.8. The van der Waals surface area contributed by atoms with Gasteiger partial charge in [-0.05, 0) is 31.9 Å². The number of carbonyl (C=O) groups is 1. The minimum absolute atomic E-state index is 0.0570. The Morgan fingerprint density at radius 3 is 2.57 bits per heavy atom. The zero-order valence-electron chi connectivity index (χ0n) is 12.2. The molecule has 2 aromatic rings. The van der Waals surface area contributed by atoms with Crippen LogP contribution in [0.25, 0.3) is 5.69 Å². The van der Waals surface area contributed by atoms with Gasteiger partial charge in [0.1, 0.15) is 0 Å². The van der Waals surface area contributed by atoms with E-state index in [9.17, 15) is 4.79 Å². The van der Waals surface area contributed by atoms with Crippen molar-refractivity contribution in [1.82, 2.24) is 14.7 Å². The van der Waals surface area contributed by atoms with E-state index in [1.165, 1.54) is 0 Å². The molecule has 1 saturated heterocycles. The number of benzene rings is 1. The van der Waals surface area contributed by atoms with E-state index in [-0.39, 0.29) is 11.9 Å². The van der Waals surface area contributed by atoms with E-state index in [0.29, 0.717) is 5.56 Å². The van der Waals surface area contributed by atoms with Gasteiger partial charge in [-0.25, -0.2) is 4.68 Å². The van der Waals surface area contributed by atoms with Crippen molar-refractivity contribution in [1.29, 1.82) is 0 Å². The number of carbonyl (C=O) groups excluding carboxylic acids is 1. The highest BCUT2D eigenvalue weighted by atomic mass is 16.2. The van der Waals surface area contributed by atoms with Crippen LogP contribution in [0.5, 0.6) is 0 Å². The number of rotatable bonds is 2. The molecule has 0 aliphatic carbocycles. The average molecular weight is 284 g/mol. The molecule has 1 aromatic carbocycles. The number of aromatic nitrogens is 2. The second kappa shape index (κ2) is 5.69. The lowest BCUT2D eigenvalue weighted by atomic mass is 10.1. The molecule has 0 atom stereocenters. The van der Waals surface area contributed by atoms with Gasteiger partial charge in [0, 0.05) is 25.3 Å². The number of nitrogens with two attached hydrogens (primary N) is 1. The van der Waals surface area contributed by atoms with Crippen molar-refractivity contribution in [3.63, 3.8) is 0 Å². The number of likely N-dealkylation sites (tertiary alicyclic amines) is 1. The Bertz CT molecular complexity index is 627. The monoisotopic (exact) mass is 284 g/mol. The molecule has 0 saturated carbocycles. The van der Waals surface area contributed by atoms with E-state index in [1.54, 1.807) is 4.68 Å². The van der Waals surface area contributed by atoms with Gasteiger partial charge >= 0.3 is 0 Å². The van der Waals surface area contributed by atoms with Crippen molar-refractivity contribution in [3.8, 4) is 5.69 Å². The lowest BCUT2D eigenvalue weighted by Crippen LogP contribution is -2.42. The Morgan fingerprint density at radius 2 is 1.90 bits per heavy atom. The van der Waals surface area contributed by atoms with Crippen LogP contribution in [0.15, 0.2) is 36.5 Å². The first-order chi connectivity index (χ1) is 10.1. The first-order valence-corrected chi connectivity index (χ1v) is 7.31. The van der Waals surface area contributed by atoms with Crippen molar-refractivity contribution in [3.05, 3.63) is 47.8 Å². The fourth-order valence-electron chi connectivity index (χ4n) is 2.66. The predicted octanol–water partition coefficient (Wildman–Crippen LogP) is 1.74. The third-order valence-corrected chi connectivity index (χ3v) is 3.98. The molecule has 1 fully saturated rings. The summed E-state index contributed by atoms with van der Waals surface area (Å²) in [4.78, 5) is 14.5. The van der Waals surface area contributed by atoms with Crippen molar-refractivity contribution in [2.75, 3.05) is 13.1 Å². The number of aryl methyl sites for hydroxylation is 1. The van der Waals surface area contributed by atoms with E-state index in [2.05, 4.69) is 5.10 Å². The van der Waals surface area contributed by atoms with Gasteiger partial charge < -0.3 is 10.6 Å². The molecule has 5 heteroatoms. The van der Waals surface area contributed by atoms with Crippen LogP contribution >= 0.6 is 0 Å². The van der Waals surface area contributed by atoms with Crippen LogP contribution in [0, 0.1) is 6.92 Å². The maximum atomic E-state index is 12.6. The van der Waals surface area contributed by atoms with Gasteiger partial charge in [-0.15, -0.1) is 0 Å². The van der Waals surface area contributed by atoms with Crippen molar-refractivity contribution in [2.24, 2.45) is 5.73 Å². The zero-order chi connectivity index (χ0) is 14.8. The van der Waals surface area contributed by atoms with Gasteiger partial charge in [0.05, 0.1) is 16.9 Å².